The number of hydrogen-bond acceptors (Lipinski definition) is 4. The molecule has 4 rings (SSSR count). The first-order valence-corrected chi connectivity index (χ1v) is 11.3. The van der Waals surface area contributed by atoms with Gasteiger partial charge in [-0.05, 0) is 55.4 Å². The molecule has 0 bridgehead atoms. The van der Waals surface area contributed by atoms with Gasteiger partial charge in [-0.2, -0.15) is 0 Å². The van der Waals surface area contributed by atoms with Crippen molar-refractivity contribution in [2.45, 2.75) is 69.0 Å². The lowest BCUT2D eigenvalue weighted by atomic mass is 9.89. The number of nitrogens with one attached hydrogen (secondary N) is 1. The molecule has 0 unspecified atom stereocenters. The molecule has 148 valence electrons. The summed E-state index contributed by atoms with van der Waals surface area (Å²) in [7, 11) is 0. The van der Waals surface area contributed by atoms with Gasteiger partial charge in [-0.1, -0.05) is 43.2 Å². The lowest BCUT2D eigenvalue weighted by molar-refractivity contribution is -0.113. The third-order valence-corrected chi connectivity index (χ3v) is 6.71. The molecule has 6 heteroatoms. The lowest BCUT2D eigenvalue weighted by Crippen LogP contribution is -2.15. The summed E-state index contributed by atoms with van der Waals surface area (Å²) in [5.74, 6) is 1.86. The first-order chi connectivity index (χ1) is 13.7. The zero-order valence-electron chi connectivity index (χ0n) is 16.3. The fourth-order valence-corrected chi connectivity index (χ4v) is 5.10. The van der Waals surface area contributed by atoms with Gasteiger partial charge in [-0.3, -0.25) is 4.79 Å². The summed E-state index contributed by atoms with van der Waals surface area (Å²) in [4.78, 5) is 12.5. The van der Waals surface area contributed by atoms with Crippen LogP contribution < -0.4 is 5.32 Å². The molecule has 2 aromatic rings. The van der Waals surface area contributed by atoms with Gasteiger partial charge in [0, 0.05) is 18.2 Å². The fourth-order valence-electron chi connectivity index (χ4n) is 4.35. The van der Waals surface area contributed by atoms with Gasteiger partial charge in [-0.25, -0.2) is 0 Å². The molecule has 0 atom stereocenters. The first-order valence-electron chi connectivity index (χ1n) is 10.3. The van der Waals surface area contributed by atoms with Gasteiger partial charge in [0.25, 0.3) is 0 Å². The summed E-state index contributed by atoms with van der Waals surface area (Å²) in [6.45, 7) is 4.57. The van der Waals surface area contributed by atoms with Crippen LogP contribution in [0.25, 0.3) is 0 Å². The highest BCUT2D eigenvalue weighted by Crippen LogP contribution is 2.33. The molecular formula is C22H28N4OS. The molecule has 1 aromatic heterocycles. The van der Waals surface area contributed by atoms with Gasteiger partial charge < -0.3 is 9.88 Å². The van der Waals surface area contributed by atoms with Crippen LogP contribution >= 0.6 is 11.8 Å². The standard InChI is InChI=1S/C22H28N4OS/c1-2-13-26-21(17-7-4-3-5-8-17)24-25-22(26)28-15-20(27)23-19-12-11-16-9-6-10-18(16)14-19/h2,11-12,14,17H,1,3-10,13,15H2,(H,23,27). The Bertz CT molecular complexity index is 854. The van der Waals surface area contributed by atoms with E-state index in [9.17, 15) is 4.79 Å². The zero-order valence-corrected chi connectivity index (χ0v) is 17.1. The third kappa shape index (κ3) is 4.32. The van der Waals surface area contributed by atoms with E-state index in [0.29, 0.717) is 18.2 Å². The third-order valence-electron chi connectivity index (χ3n) is 5.74. The van der Waals surface area contributed by atoms with Gasteiger partial charge in [0.2, 0.25) is 5.91 Å². The predicted molar refractivity (Wildman–Crippen MR) is 114 cm³/mol. The molecule has 1 aromatic carbocycles. The van der Waals surface area contributed by atoms with Crippen LogP contribution in [0.1, 0.15) is 61.4 Å². The molecule has 0 spiro atoms. The van der Waals surface area contributed by atoms with E-state index in [1.54, 1.807) is 0 Å². The molecule has 2 aliphatic rings. The Kier molecular flexibility index (Phi) is 6.15. The minimum Gasteiger partial charge on any atom is -0.325 e. The Balaban J connectivity index is 1.39. The molecular weight excluding hydrogens is 368 g/mol. The highest BCUT2D eigenvalue weighted by atomic mass is 32.2. The monoisotopic (exact) mass is 396 g/mol. The van der Waals surface area contributed by atoms with Crippen molar-refractivity contribution in [1.29, 1.82) is 0 Å². The minimum atomic E-state index is -0.00434. The zero-order chi connectivity index (χ0) is 19.3. The summed E-state index contributed by atoms with van der Waals surface area (Å²) in [6.07, 6.45) is 11.6. The predicted octanol–water partition coefficient (Wildman–Crippen LogP) is 4.73. The second-order valence-corrected chi connectivity index (χ2v) is 8.69. The van der Waals surface area contributed by atoms with Crippen LogP contribution in [0, 0.1) is 0 Å². The van der Waals surface area contributed by atoms with Crippen molar-refractivity contribution in [3.05, 3.63) is 47.8 Å². The van der Waals surface area contributed by atoms with E-state index in [-0.39, 0.29) is 5.91 Å². The van der Waals surface area contributed by atoms with Crippen molar-refractivity contribution in [2.24, 2.45) is 0 Å². The number of aryl methyl sites for hydroxylation is 2. The maximum absolute atomic E-state index is 12.5. The number of aromatic nitrogens is 3. The van der Waals surface area contributed by atoms with Crippen molar-refractivity contribution in [3.8, 4) is 0 Å². The Morgan fingerprint density at radius 2 is 2.00 bits per heavy atom. The van der Waals surface area contributed by atoms with Crippen LogP contribution in [0.2, 0.25) is 0 Å². The highest BCUT2D eigenvalue weighted by Gasteiger charge is 2.23. The van der Waals surface area contributed by atoms with Gasteiger partial charge >= 0.3 is 0 Å². The molecule has 5 nitrogen and oxygen atoms in total. The summed E-state index contributed by atoms with van der Waals surface area (Å²) in [5.41, 5.74) is 3.68. The van der Waals surface area contributed by atoms with Gasteiger partial charge in [0.05, 0.1) is 5.75 Å². The molecule has 1 saturated carbocycles. The van der Waals surface area contributed by atoms with E-state index >= 15 is 0 Å². The number of carbonyl (C=O) groups excluding carboxylic acids is 1. The van der Waals surface area contributed by atoms with E-state index in [4.69, 9.17) is 0 Å². The smallest absolute Gasteiger partial charge is 0.234 e. The number of anilines is 1. The van der Waals surface area contributed by atoms with Crippen molar-refractivity contribution in [3.63, 3.8) is 0 Å². The van der Waals surface area contributed by atoms with E-state index in [1.807, 2.05) is 12.1 Å². The number of allylic oxidation sites excluding steroid dienone is 1. The van der Waals surface area contributed by atoms with Crippen LogP contribution in [-0.4, -0.2) is 26.4 Å². The Morgan fingerprint density at radius 3 is 2.82 bits per heavy atom. The minimum absolute atomic E-state index is 0.00434. The molecule has 1 heterocycles. The molecule has 1 amide bonds. The quantitative estimate of drug-likeness (QED) is 0.543. The number of rotatable bonds is 7. The molecule has 2 aliphatic carbocycles. The average molecular weight is 397 g/mol. The largest absolute Gasteiger partial charge is 0.325 e. The van der Waals surface area contributed by atoms with Crippen molar-refractivity contribution < 1.29 is 4.79 Å². The number of thioether (sulfide) groups is 1. The van der Waals surface area contributed by atoms with Crippen molar-refractivity contribution >= 4 is 23.4 Å². The Morgan fingerprint density at radius 1 is 1.18 bits per heavy atom. The number of benzene rings is 1. The van der Waals surface area contributed by atoms with Crippen LogP contribution in [0.5, 0.6) is 0 Å². The van der Waals surface area contributed by atoms with Gasteiger partial charge in [0.1, 0.15) is 5.82 Å². The number of fused-ring (bicyclic) bond motifs is 1. The van der Waals surface area contributed by atoms with Crippen molar-refractivity contribution in [2.75, 3.05) is 11.1 Å². The Labute approximate surface area is 171 Å². The second kappa shape index (κ2) is 8.95. The molecule has 1 N–H and O–H groups in total. The Hall–Kier alpha value is -2.08. The van der Waals surface area contributed by atoms with Crippen LogP contribution in [-0.2, 0) is 24.2 Å². The number of hydrogen-bond donors (Lipinski definition) is 1. The summed E-state index contributed by atoms with van der Waals surface area (Å²) in [6, 6.07) is 6.27. The lowest BCUT2D eigenvalue weighted by Gasteiger charge is -2.21. The molecule has 1 fully saturated rings. The second-order valence-electron chi connectivity index (χ2n) is 7.75. The highest BCUT2D eigenvalue weighted by molar-refractivity contribution is 7.99. The maximum atomic E-state index is 12.5. The molecule has 28 heavy (non-hydrogen) atoms. The van der Waals surface area contributed by atoms with Gasteiger partial charge in [0.15, 0.2) is 5.16 Å². The molecule has 0 saturated heterocycles. The topological polar surface area (TPSA) is 59.8 Å². The van der Waals surface area contributed by atoms with Gasteiger partial charge in [-0.15, -0.1) is 16.8 Å². The average Bonchev–Trinajstić information content (AvgIpc) is 3.34. The summed E-state index contributed by atoms with van der Waals surface area (Å²) >= 11 is 1.45. The van der Waals surface area contributed by atoms with E-state index < -0.39 is 0 Å². The van der Waals surface area contributed by atoms with Crippen LogP contribution in [0.15, 0.2) is 36.0 Å². The molecule has 0 aliphatic heterocycles. The summed E-state index contributed by atoms with van der Waals surface area (Å²) in [5, 5.41) is 12.7. The summed E-state index contributed by atoms with van der Waals surface area (Å²) < 4.78 is 2.14. The first kappa shape index (κ1) is 19.2. The van der Waals surface area contributed by atoms with E-state index in [2.05, 4.69) is 38.8 Å². The van der Waals surface area contributed by atoms with Crippen molar-refractivity contribution in [1.82, 2.24) is 14.8 Å². The number of amides is 1. The number of nitrogens with zero attached hydrogens (tertiary/aromatic N) is 3. The van der Waals surface area contributed by atoms with Crippen LogP contribution in [0.4, 0.5) is 5.69 Å². The maximum Gasteiger partial charge on any atom is 0.234 e. The van der Waals surface area contributed by atoms with Crippen LogP contribution in [0.3, 0.4) is 0 Å². The normalized spacial score (nSPS) is 16.7. The SMILES string of the molecule is C=CCn1c(SCC(=O)Nc2ccc3c(c2)CCC3)nnc1C1CCCCC1. The van der Waals surface area contributed by atoms with E-state index in [0.717, 1.165) is 29.5 Å². The fraction of sp³-hybridized carbons (Fsp3) is 0.500. The number of carbonyl (C=O) groups is 1. The van der Waals surface area contributed by atoms with E-state index in [1.165, 1.54) is 61.4 Å². The molecule has 0 radical (unpaired) electrons.